The molecule has 4 aromatic rings. The van der Waals surface area contributed by atoms with E-state index in [0.717, 1.165) is 63.2 Å². The highest BCUT2D eigenvalue weighted by Crippen LogP contribution is 2.44. The molecule has 0 radical (unpaired) electrons. The van der Waals surface area contributed by atoms with Gasteiger partial charge in [-0.25, -0.2) is 29.3 Å². The third kappa shape index (κ3) is 6.25. The predicted octanol–water partition coefficient (Wildman–Crippen LogP) is 6.95. The fraction of sp³-hybridized carbons (Fsp3) is 0.545. The van der Waals surface area contributed by atoms with Gasteiger partial charge in [0.25, 0.3) is 0 Å². The number of nitrogens with zero attached hydrogens (tertiary/aromatic N) is 7. The molecule has 1 aliphatic heterocycles. The Labute approximate surface area is 264 Å². The quantitative estimate of drug-likeness (QED) is 0.197. The summed E-state index contributed by atoms with van der Waals surface area (Å²) in [5.41, 5.74) is 2.51. The van der Waals surface area contributed by atoms with Crippen molar-refractivity contribution >= 4 is 22.7 Å². The van der Waals surface area contributed by atoms with Gasteiger partial charge in [-0.1, -0.05) is 12.8 Å². The van der Waals surface area contributed by atoms with E-state index in [1.54, 1.807) is 25.6 Å². The Morgan fingerprint density at radius 1 is 1.00 bits per heavy atom. The second-order valence-electron chi connectivity index (χ2n) is 13.2. The van der Waals surface area contributed by atoms with Crippen LogP contribution in [-0.2, 0) is 10.9 Å². The molecule has 2 saturated carbocycles. The van der Waals surface area contributed by atoms with Crippen molar-refractivity contribution in [3.63, 3.8) is 0 Å². The zero-order valence-electron chi connectivity index (χ0n) is 26.1. The van der Waals surface area contributed by atoms with E-state index in [9.17, 15) is 17.6 Å². The summed E-state index contributed by atoms with van der Waals surface area (Å²) in [4.78, 5) is 30.0. The van der Waals surface area contributed by atoms with E-state index in [-0.39, 0.29) is 11.3 Å². The zero-order valence-corrected chi connectivity index (χ0v) is 26.1. The van der Waals surface area contributed by atoms with Crippen molar-refractivity contribution in [1.82, 2.24) is 29.9 Å². The molecule has 244 valence electrons. The molecule has 0 spiro atoms. The number of pyridine rings is 2. The van der Waals surface area contributed by atoms with Crippen LogP contribution in [0.25, 0.3) is 33.9 Å². The first kappa shape index (κ1) is 30.8. The Morgan fingerprint density at radius 3 is 2.48 bits per heavy atom. The number of hydrogen-bond acceptors (Lipinski definition) is 8. The molecule has 7 rings (SSSR count). The van der Waals surface area contributed by atoms with Crippen molar-refractivity contribution in [2.45, 2.75) is 69.6 Å². The van der Waals surface area contributed by atoms with E-state index in [1.165, 1.54) is 0 Å². The minimum absolute atomic E-state index is 0.0300. The van der Waals surface area contributed by atoms with Crippen molar-refractivity contribution in [2.24, 2.45) is 5.41 Å². The third-order valence-electron chi connectivity index (χ3n) is 9.53. The molecule has 5 heterocycles. The molecule has 46 heavy (non-hydrogen) atoms. The van der Waals surface area contributed by atoms with Crippen LogP contribution < -0.4 is 9.80 Å². The van der Waals surface area contributed by atoms with Gasteiger partial charge in [0.05, 0.1) is 36.9 Å². The normalized spacial score (nSPS) is 20.0. The van der Waals surface area contributed by atoms with Crippen LogP contribution in [0.5, 0.6) is 0 Å². The summed E-state index contributed by atoms with van der Waals surface area (Å²) in [5.74, 6) is 1.07. The number of hydrogen-bond donors (Lipinski definition) is 1. The van der Waals surface area contributed by atoms with Gasteiger partial charge in [-0.3, -0.25) is 0 Å². The molecule has 1 atom stereocenters. The van der Waals surface area contributed by atoms with Crippen LogP contribution >= 0.6 is 0 Å². The average Bonchev–Trinajstić information content (AvgIpc) is 3.65. The van der Waals surface area contributed by atoms with Crippen LogP contribution in [0.4, 0.5) is 29.1 Å². The molecule has 4 aromatic heterocycles. The maximum atomic E-state index is 14.0. The van der Waals surface area contributed by atoms with Crippen molar-refractivity contribution in [2.75, 3.05) is 50.2 Å². The molecular formula is C33H38F4N8O. The number of piperidine rings is 1. The minimum atomic E-state index is -4.58. The summed E-state index contributed by atoms with van der Waals surface area (Å²) < 4.78 is 61.5. The van der Waals surface area contributed by atoms with Gasteiger partial charge in [0.15, 0.2) is 11.5 Å². The number of alkyl halides is 4. The van der Waals surface area contributed by atoms with Crippen molar-refractivity contribution < 1.29 is 22.3 Å². The summed E-state index contributed by atoms with van der Waals surface area (Å²) in [7, 11) is 3.71. The van der Waals surface area contributed by atoms with Gasteiger partial charge >= 0.3 is 6.18 Å². The highest BCUT2D eigenvalue weighted by atomic mass is 19.4. The Kier molecular flexibility index (Phi) is 8.06. The topological polar surface area (TPSA) is 95.9 Å². The molecule has 2 aliphatic carbocycles. The zero-order chi connectivity index (χ0) is 32.1. The fourth-order valence-electron chi connectivity index (χ4n) is 7.08. The van der Waals surface area contributed by atoms with Gasteiger partial charge < -0.3 is 19.5 Å². The van der Waals surface area contributed by atoms with Crippen molar-refractivity contribution in [3.8, 4) is 22.8 Å². The summed E-state index contributed by atoms with van der Waals surface area (Å²) in [6, 6.07) is 4.65. The lowest BCUT2D eigenvalue weighted by molar-refractivity contribution is -0.141. The molecule has 13 heteroatoms. The number of aromatic amines is 1. The highest BCUT2D eigenvalue weighted by molar-refractivity contribution is 5.91. The van der Waals surface area contributed by atoms with E-state index >= 15 is 0 Å². The number of anilines is 2. The Bertz CT molecular complexity index is 1700. The summed E-state index contributed by atoms with van der Waals surface area (Å²) >= 11 is 0. The first-order chi connectivity index (χ1) is 22.1. The van der Waals surface area contributed by atoms with Crippen LogP contribution in [-0.4, -0.2) is 76.5 Å². The van der Waals surface area contributed by atoms with E-state index < -0.39 is 18.0 Å². The lowest BCUT2D eigenvalue weighted by Gasteiger charge is -2.34. The van der Waals surface area contributed by atoms with Crippen LogP contribution in [0.15, 0.2) is 30.6 Å². The van der Waals surface area contributed by atoms with Gasteiger partial charge in [-0.05, 0) is 56.7 Å². The predicted molar refractivity (Wildman–Crippen MR) is 168 cm³/mol. The number of rotatable bonds is 9. The van der Waals surface area contributed by atoms with E-state index in [0.29, 0.717) is 71.6 Å². The number of imidazole rings is 1. The van der Waals surface area contributed by atoms with Gasteiger partial charge in [0, 0.05) is 49.8 Å². The largest absolute Gasteiger partial charge is 0.433 e. The van der Waals surface area contributed by atoms with Crippen LogP contribution in [0.2, 0.25) is 0 Å². The van der Waals surface area contributed by atoms with E-state index in [4.69, 9.17) is 14.7 Å². The Morgan fingerprint density at radius 2 is 1.80 bits per heavy atom. The SMILES string of the molecule is COCC1(CN(C)c2cc(-c3cc(C4CC4)nc(C(F)(F)F)c3)nc3nc(-c4cnc(N5CCC[C@H](F)C5)cn4)[nH]c23)CCCC1. The summed E-state index contributed by atoms with van der Waals surface area (Å²) in [5, 5.41) is 0. The highest BCUT2D eigenvalue weighted by Gasteiger charge is 2.37. The summed E-state index contributed by atoms with van der Waals surface area (Å²) in [6.07, 6.45) is 5.04. The van der Waals surface area contributed by atoms with Crippen LogP contribution in [0, 0.1) is 5.41 Å². The molecule has 9 nitrogen and oxygen atoms in total. The van der Waals surface area contributed by atoms with Crippen LogP contribution in [0.1, 0.15) is 68.7 Å². The number of halogens is 4. The molecule has 3 fully saturated rings. The number of H-pyrrole nitrogens is 1. The lowest BCUT2D eigenvalue weighted by Crippen LogP contribution is -2.37. The smallest absolute Gasteiger partial charge is 0.384 e. The van der Waals surface area contributed by atoms with Crippen LogP contribution in [0.3, 0.4) is 0 Å². The second-order valence-corrected chi connectivity index (χ2v) is 13.2. The first-order valence-electron chi connectivity index (χ1n) is 16.0. The molecule has 1 saturated heterocycles. The molecule has 1 N–H and O–H groups in total. The average molecular weight is 639 g/mol. The van der Waals surface area contributed by atoms with Gasteiger partial charge in [-0.2, -0.15) is 13.2 Å². The minimum Gasteiger partial charge on any atom is -0.384 e. The number of aromatic nitrogens is 6. The number of ether oxygens (including phenoxy) is 1. The molecular weight excluding hydrogens is 600 g/mol. The second kappa shape index (κ2) is 12.1. The van der Waals surface area contributed by atoms with Crippen molar-refractivity contribution in [1.29, 1.82) is 0 Å². The maximum Gasteiger partial charge on any atom is 0.433 e. The summed E-state index contributed by atoms with van der Waals surface area (Å²) in [6.45, 7) is 2.34. The van der Waals surface area contributed by atoms with E-state index in [2.05, 4.69) is 24.8 Å². The van der Waals surface area contributed by atoms with Gasteiger partial charge in [-0.15, -0.1) is 0 Å². The first-order valence-corrected chi connectivity index (χ1v) is 16.0. The Hall–Kier alpha value is -3.87. The number of nitrogens with one attached hydrogen (secondary N) is 1. The fourth-order valence-corrected chi connectivity index (χ4v) is 7.08. The lowest BCUT2D eigenvalue weighted by atomic mass is 9.86. The van der Waals surface area contributed by atoms with Gasteiger partial charge in [0.1, 0.15) is 28.9 Å². The standard InChI is InChI=1S/C33H38F4N8O/c1-44(18-32(19-46-2)9-3-4-10-32)26-14-24(21-12-23(20-7-8-20)40-27(13-21)33(35,36)37)41-31-29(26)42-30(43-31)25-15-39-28(16-38-25)45-11-5-6-22(34)17-45/h12-16,20,22H,3-11,17-19H2,1-2H3,(H,41,42,43)/t22-/m0/s1. The molecule has 0 unspecified atom stereocenters. The monoisotopic (exact) mass is 638 g/mol. The molecule has 0 aromatic carbocycles. The number of fused-ring (bicyclic) bond motifs is 1. The maximum absolute atomic E-state index is 14.0. The molecule has 0 amide bonds. The van der Waals surface area contributed by atoms with E-state index in [1.807, 2.05) is 18.0 Å². The third-order valence-corrected chi connectivity index (χ3v) is 9.53. The molecule has 0 bridgehead atoms. The number of methoxy groups -OCH3 is 1. The Balaban J connectivity index is 1.30. The van der Waals surface area contributed by atoms with Gasteiger partial charge in [0.2, 0.25) is 0 Å². The molecule has 3 aliphatic rings. The van der Waals surface area contributed by atoms with Crippen molar-refractivity contribution in [3.05, 3.63) is 42.0 Å².